The van der Waals surface area contributed by atoms with Gasteiger partial charge in [0.2, 0.25) is 0 Å². The van der Waals surface area contributed by atoms with E-state index in [-0.39, 0.29) is 11.8 Å². The van der Waals surface area contributed by atoms with Gasteiger partial charge in [0.15, 0.2) is 0 Å². The Bertz CT molecular complexity index is 643. The summed E-state index contributed by atoms with van der Waals surface area (Å²) in [6.07, 6.45) is 0. The lowest BCUT2D eigenvalue weighted by molar-refractivity contribution is 0.0539. The summed E-state index contributed by atoms with van der Waals surface area (Å²) < 4.78 is 0. The number of carbonyl (C=O) groups is 2. The number of thiophene rings is 2. The quantitative estimate of drug-likeness (QED) is 0.920. The van der Waals surface area contributed by atoms with Crippen molar-refractivity contribution in [2.45, 2.75) is 0 Å². The summed E-state index contributed by atoms with van der Waals surface area (Å²) >= 11 is 2.87. The minimum Gasteiger partial charge on any atom is -0.397 e. The summed E-state index contributed by atoms with van der Waals surface area (Å²) in [6, 6.07) is 3.57. The second-order valence-electron chi connectivity index (χ2n) is 4.80. The summed E-state index contributed by atoms with van der Waals surface area (Å²) in [5, 5.41) is 5.57. The van der Waals surface area contributed by atoms with Crippen LogP contribution < -0.4 is 5.73 Å². The molecule has 5 nitrogen and oxygen atoms in total. The average Bonchev–Trinajstić information content (AvgIpc) is 3.17. The molecule has 21 heavy (non-hydrogen) atoms. The SMILES string of the molecule is Nc1ccsc1C(=O)N1CCN(C(=O)c2ccsc2)CC1. The Kier molecular flexibility index (Phi) is 3.94. The van der Waals surface area contributed by atoms with E-state index in [9.17, 15) is 9.59 Å². The highest BCUT2D eigenvalue weighted by Crippen LogP contribution is 2.22. The number of hydrogen-bond acceptors (Lipinski definition) is 5. The molecule has 0 unspecified atom stereocenters. The first-order valence-electron chi connectivity index (χ1n) is 6.60. The number of nitrogens with two attached hydrogens (primary N) is 1. The van der Waals surface area contributed by atoms with Crippen LogP contribution in [0.5, 0.6) is 0 Å². The van der Waals surface area contributed by atoms with Crippen LogP contribution in [0.3, 0.4) is 0 Å². The number of amides is 2. The number of piperazine rings is 1. The normalized spacial score (nSPS) is 15.2. The van der Waals surface area contributed by atoms with E-state index in [1.54, 1.807) is 15.9 Å². The standard InChI is InChI=1S/C14H15N3O2S2/c15-11-2-8-21-12(11)14(19)17-5-3-16(4-6-17)13(18)10-1-7-20-9-10/h1-2,7-9H,3-6,15H2. The van der Waals surface area contributed by atoms with E-state index in [2.05, 4.69) is 0 Å². The molecule has 0 spiro atoms. The number of carbonyl (C=O) groups excluding carboxylic acids is 2. The maximum absolute atomic E-state index is 12.3. The van der Waals surface area contributed by atoms with Crippen LogP contribution in [-0.2, 0) is 0 Å². The zero-order valence-corrected chi connectivity index (χ0v) is 13.0. The van der Waals surface area contributed by atoms with Gasteiger partial charge < -0.3 is 15.5 Å². The van der Waals surface area contributed by atoms with Crippen LogP contribution in [0.4, 0.5) is 5.69 Å². The molecule has 0 saturated carbocycles. The van der Waals surface area contributed by atoms with Crippen LogP contribution in [0, 0.1) is 0 Å². The van der Waals surface area contributed by atoms with Crippen LogP contribution in [-0.4, -0.2) is 47.8 Å². The van der Waals surface area contributed by atoms with Crippen molar-refractivity contribution in [3.63, 3.8) is 0 Å². The maximum Gasteiger partial charge on any atom is 0.266 e. The molecule has 2 N–H and O–H groups in total. The molecule has 3 rings (SSSR count). The molecular weight excluding hydrogens is 306 g/mol. The van der Waals surface area contributed by atoms with Crippen molar-refractivity contribution in [2.75, 3.05) is 31.9 Å². The molecule has 2 aromatic heterocycles. The minimum atomic E-state index is -0.0369. The molecule has 0 atom stereocenters. The van der Waals surface area contributed by atoms with Crippen LogP contribution >= 0.6 is 22.7 Å². The molecule has 1 aliphatic rings. The molecule has 7 heteroatoms. The van der Waals surface area contributed by atoms with Gasteiger partial charge >= 0.3 is 0 Å². The summed E-state index contributed by atoms with van der Waals surface area (Å²) in [5.74, 6) is 0.00381. The van der Waals surface area contributed by atoms with Crippen LogP contribution in [0.25, 0.3) is 0 Å². The van der Waals surface area contributed by atoms with E-state index in [1.807, 2.05) is 22.2 Å². The molecule has 0 bridgehead atoms. The van der Waals surface area contributed by atoms with Crippen molar-refractivity contribution in [1.29, 1.82) is 0 Å². The van der Waals surface area contributed by atoms with E-state index in [0.717, 1.165) is 5.56 Å². The van der Waals surface area contributed by atoms with Crippen LogP contribution in [0.15, 0.2) is 28.3 Å². The van der Waals surface area contributed by atoms with E-state index in [4.69, 9.17) is 5.73 Å². The van der Waals surface area contributed by atoms with Gasteiger partial charge in [-0.05, 0) is 22.9 Å². The monoisotopic (exact) mass is 321 g/mol. The van der Waals surface area contributed by atoms with Gasteiger partial charge in [0.05, 0.1) is 11.3 Å². The first-order chi connectivity index (χ1) is 10.2. The molecule has 1 fully saturated rings. The third kappa shape index (κ3) is 2.79. The highest BCUT2D eigenvalue weighted by Gasteiger charge is 2.26. The predicted octanol–water partition coefficient (Wildman–Crippen LogP) is 1.99. The number of rotatable bonds is 2. The third-order valence-corrected chi connectivity index (χ3v) is 5.11. The Hall–Kier alpha value is -1.86. The maximum atomic E-state index is 12.3. The van der Waals surface area contributed by atoms with Crippen molar-refractivity contribution in [1.82, 2.24) is 9.80 Å². The topological polar surface area (TPSA) is 66.6 Å². The van der Waals surface area contributed by atoms with E-state index >= 15 is 0 Å². The number of nitrogen functional groups attached to an aromatic ring is 1. The fourth-order valence-corrected chi connectivity index (χ4v) is 3.73. The lowest BCUT2D eigenvalue weighted by Crippen LogP contribution is -2.50. The molecule has 1 aliphatic heterocycles. The van der Waals surface area contributed by atoms with Crippen molar-refractivity contribution in [3.05, 3.63) is 38.7 Å². The van der Waals surface area contributed by atoms with Crippen LogP contribution in [0.2, 0.25) is 0 Å². The van der Waals surface area contributed by atoms with Crippen LogP contribution in [0.1, 0.15) is 20.0 Å². The average molecular weight is 321 g/mol. The van der Waals surface area contributed by atoms with Crippen molar-refractivity contribution < 1.29 is 9.59 Å². The van der Waals surface area contributed by atoms with Gasteiger partial charge in [-0.1, -0.05) is 0 Å². The summed E-state index contributed by atoms with van der Waals surface area (Å²) in [6.45, 7) is 2.22. The smallest absolute Gasteiger partial charge is 0.266 e. The Balaban J connectivity index is 1.62. The third-order valence-electron chi connectivity index (χ3n) is 3.51. The Morgan fingerprint density at radius 1 is 1.00 bits per heavy atom. The second kappa shape index (κ2) is 5.87. The van der Waals surface area contributed by atoms with Gasteiger partial charge in [-0.25, -0.2) is 0 Å². The Morgan fingerprint density at radius 3 is 2.19 bits per heavy atom. The summed E-state index contributed by atoms with van der Waals surface area (Å²) in [4.78, 5) is 28.7. The number of anilines is 1. The van der Waals surface area contributed by atoms with Gasteiger partial charge in [0, 0.05) is 31.6 Å². The molecule has 0 aliphatic carbocycles. The van der Waals surface area contributed by atoms with Gasteiger partial charge in [-0.2, -0.15) is 11.3 Å². The molecule has 2 aromatic rings. The zero-order chi connectivity index (χ0) is 14.8. The molecule has 1 saturated heterocycles. The first kappa shape index (κ1) is 14.1. The molecule has 3 heterocycles. The second-order valence-corrected chi connectivity index (χ2v) is 6.50. The lowest BCUT2D eigenvalue weighted by Gasteiger charge is -2.34. The fraction of sp³-hybridized carbons (Fsp3) is 0.286. The minimum absolute atomic E-state index is 0.0369. The van der Waals surface area contributed by atoms with Gasteiger partial charge in [0.25, 0.3) is 11.8 Å². The van der Waals surface area contributed by atoms with Gasteiger partial charge in [-0.3, -0.25) is 9.59 Å². The Morgan fingerprint density at radius 2 is 1.67 bits per heavy atom. The highest BCUT2D eigenvalue weighted by molar-refractivity contribution is 7.12. The van der Waals surface area contributed by atoms with E-state index < -0.39 is 0 Å². The highest BCUT2D eigenvalue weighted by atomic mass is 32.1. The summed E-state index contributed by atoms with van der Waals surface area (Å²) in [5.41, 5.74) is 7.04. The fourth-order valence-electron chi connectivity index (χ4n) is 2.32. The largest absolute Gasteiger partial charge is 0.397 e. The lowest BCUT2D eigenvalue weighted by atomic mass is 10.2. The molecule has 110 valence electrons. The molecule has 2 amide bonds. The van der Waals surface area contributed by atoms with Crippen molar-refractivity contribution in [2.24, 2.45) is 0 Å². The zero-order valence-electron chi connectivity index (χ0n) is 11.3. The molecule has 0 radical (unpaired) electrons. The number of nitrogens with zero attached hydrogens (tertiary/aromatic N) is 2. The Labute approximate surface area is 130 Å². The molecular formula is C14H15N3O2S2. The van der Waals surface area contributed by atoms with Crippen molar-refractivity contribution in [3.8, 4) is 0 Å². The number of hydrogen-bond donors (Lipinski definition) is 1. The van der Waals surface area contributed by atoms with Crippen molar-refractivity contribution >= 4 is 40.2 Å². The summed E-state index contributed by atoms with van der Waals surface area (Å²) in [7, 11) is 0. The molecule has 0 aromatic carbocycles. The first-order valence-corrected chi connectivity index (χ1v) is 8.43. The van der Waals surface area contributed by atoms with E-state index in [1.165, 1.54) is 22.7 Å². The van der Waals surface area contributed by atoms with Gasteiger partial charge in [-0.15, -0.1) is 11.3 Å². The predicted molar refractivity (Wildman–Crippen MR) is 84.9 cm³/mol. The van der Waals surface area contributed by atoms with E-state index in [0.29, 0.717) is 36.7 Å². The van der Waals surface area contributed by atoms with Gasteiger partial charge in [0.1, 0.15) is 4.88 Å².